The Labute approximate surface area is 124 Å². The fourth-order valence-corrected chi connectivity index (χ4v) is 2.18. The van der Waals surface area contributed by atoms with Gasteiger partial charge in [0.05, 0.1) is 31.1 Å². The minimum Gasteiger partial charge on any atom is -0.375 e. The Balaban J connectivity index is 1.47. The van der Waals surface area contributed by atoms with Crippen LogP contribution in [0.4, 0.5) is 5.69 Å². The summed E-state index contributed by atoms with van der Waals surface area (Å²) in [5.74, 6) is -0.498. The zero-order valence-electron chi connectivity index (χ0n) is 12.5. The quantitative estimate of drug-likeness (QED) is 0.837. The summed E-state index contributed by atoms with van der Waals surface area (Å²) in [5, 5.41) is 10.4. The summed E-state index contributed by atoms with van der Waals surface area (Å²) in [6.45, 7) is 5.23. The molecule has 1 saturated carbocycles. The summed E-state index contributed by atoms with van der Waals surface area (Å²) in [4.78, 5) is 11.7. The van der Waals surface area contributed by atoms with Crippen LogP contribution in [0, 0.1) is 0 Å². The van der Waals surface area contributed by atoms with Crippen molar-refractivity contribution in [1.82, 2.24) is 15.1 Å². The van der Waals surface area contributed by atoms with Gasteiger partial charge in [0.1, 0.15) is 6.54 Å². The first-order valence-corrected chi connectivity index (χ1v) is 7.36. The molecule has 2 heterocycles. The summed E-state index contributed by atoms with van der Waals surface area (Å²) in [7, 11) is 0. The summed E-state index contributed by atoms with van der Waals surface area (Å²) in [5.41, 5.74) is 0.867. The van der Waals surface area contributed by atoms with Crippen molar-refractivity contribution < 1.29 is 14.3 Å². The largest absolute Gasteiger partial charge is 0.375 e. The Morgan fingerprint density at radius 3 is 2.76 bits per heavy atom. The van der Waals surface area contributed by atoms with Gasteiger partial charge in [0.2, 0.25) is 5.91 Å². The zero-order chi connectivity index (χ0) is 14.9. The van der Waals surface area contributed by atoms with Crippen LogP contribution in [0.25, 0.3) is 0 Å². The van der Waals surface area contributed by atoms with E-state index in [0.29, 0.717) is 19.3 Å². The molecule has 1 aromatic rings. The molecule has 1 aliphatic heterocycles. The number of rotatable bonds is 5. The first kappa shape index (κ1) is 14.3. The zero-order valence-corrected chi connectivity index (χ0v) is 12.5. The second kappa shape index (κ2) is 5.65. The molecule has 0 atom stereocenters. The van der Waals surface area contributed by atoms with E-state index < -0.39 is 5.79 Å². The highest BCUT2D eigenvalue weighted by Gasteiger charge is 2.28. The SMILES string of the molecule is CC1(C)OCC(Nc2cnn(CC(=O)NC3CC3)c2)CO1. The number of hydrogen-bond acceptors (Lipinski definition) is 5. The van der Waals surface area contributed by atoms with Gasteiger partial charge in [-0.25, -0.2) is 0 Å². The number of carbonyl (C=O) groups is 1. The van der Waals surface area contributed by atoms with Crippen LogP contribution in [-0.2, 0) is 20.8 Å². The van der Waals surface area contributed by atoms with E-state index in [2.05, 4.69) is 15.7 Å². The van der Waals surface area contributed by atoms with Gasteiger partial charge in [-0.1, -0.05) is 0 Å². The fraction of sp³-hybridized carbons (Fsp3) is 0.714. The molecule has 0 spiro atoms. The van der Waals surface area contributed by atoms with Crippen LogP contribution in [0.5, 0.6) is 0 Å². The van der Waals surface area contributed by atoms with Gasteiger partial charge in [0.15, 0.2) is 5.79 Å². The molecule has 2 aliphatic rings. The van der Waals surface area contributed by atoms with Crippen molar-refractivity contribution in [3.8, 4) is 0 Å². The monoisotopic (exact) mass is 294 g/mol. The van der Waals surface area contributed by atoms with E-state index in [-0.39, 0.29) is 18.5 Å². The van der Waals surface area contributed by atoms with Crippen molar-refractivity contribution >= 4 is 11.6 Å². The Morgan fingerprint density at radius 1 is 1.38 bits per heavy atom. The normalized spacial score (nSPS) is 22.0. The lowest BCUT2D eigenvalue weighted by atomic mass is 10.2. The van der Waals surface area contributed by atoms with Crippen LogP contribution in [0.3, 0.4) is 0 Å². The van der Waals surface area contributed by atoms with E-state index in [1.54, 1.807) is 10.9 Å². The first-order valence-electron chi connectivity index (χ1n) is 7.36. The smallest absolute Gasteiger partial charge is 0.241 e. The third-order valence-electron chi connectivity index (χ3n) is 3.52. The average Bonchev–Trinajstić information content (AvgIpc) is 3.11. The number of nitrogens with one attached hydrogen (secondary N) is 2. The highest BCUT2D eigenvalue weighted by molar-refractivity contribution is 5.76. The second-order valence-electron chi connectivity index (χ2n) is 6.13. The van der Waals surface area contributed by atoms with Gasteiger partial charge in [-0.2, -0.15) is 5.10 Å². The van der Waals surface area contributed by atoms with Crippen molar-refractivity contribution in [2.45, 2.75) is 51.1 Å². The summed E-state index contributed by atoms with van der Waals surface area (Å²) < 4.78 is 12.8. The Bertz CT molecular complexity index is 500. The maximum absolute atomic E-state index is 11.7. The van der Waals surface area contributed by atoms with E-state index in [0.717, 1.165) is 18.5 Å². The van der Waals surface area contributed by atoms with Crippen LogP contribution in [-0.4, -0.2) is 46.8 Å². The minimum absolute atomic E-state index is 0.0123. The molecule has 7 heteroatoms. The average molecular weight is 294 g/mol. The third-order valence-corrected chi connectivity index (χ3v) is 3.52. The van der Waals surface area contributed by atoms with E-state index in [1.165, 1.54) is 0 Å². The number of ether oxygens (including phenoxy) is 2. The van der Waals surface area contributed by atoms with Gasteiger partial charge in [-0.3, -0.25) is 9.48 Å². The molecule has 0 radical (unpaired) electrons. The molecule has 1 aliphatic carbocycles. The molecule has 7 nitrogen and oxygen atoms in total. The van der Waals surface area contributed by atoms with Crippen molar-refractivity contribution in [3.63, 3.8) is 0 Å². The molecule has 0 aromatic carbocycles. The third kappa shape index (κ3) is 4.18. The molecule has 3 rings (SSSR count). The van der Waals surface area contributed by atoms with Crippen molar-refractivity contribution in [2.75, 3.05) is 18.5 Å². The Morgan fingerprint density at radius 2 is 2.10 bits per heavy atom. The maximum atomic E-state index is 11.7. The van der Waals surface area contributed by atoms with Gasteiger partial charge in [0, 0.05) is 12.2 Å². The molecular weight excluding hydrogens is 272 g/mol. The lowest BCUT2D eigenvalue weighted by molar-refractivity contribution is -0.247. The van der Waals surface area contributed by atoms with Crippen LogP contribution in [0.15, 0.2) is 12.4 Å². The number of carbonyl (C=O) groups excluding carboxylic acids is 1. The predicted molar refractivity (Wildman–Crippen MR) is 76.8 cm³/mol. The van der Waals surface area contributed by atoms with Crippen LogP contribution in [0.1, 0.15) is 26.7 Å². The number of aromatic nitrogens is 2. The molecule has 1 amide bonds. The van der Waals surface area contributed by atoms with Crippen LogP contribution >= 0.6 is 0 Å². The van der Waals surface area contributed by atoms with Gasteiger partial charge < -0.3 is 20.1 Å². The molecule has 0 bridgehead atoms. The minimum atomic E-state index is -0.511. The molecule has 2 fully saturated rings. The molecule has 116 valence electrons. The number of anilines is 1. The highest BCUT2D eigenvalue weighted by Crippen LogP contribution is 2.20. The van der Waals surface area contributed by atoms with Crippen molar-refractivity contribution in [1.29, 1.82) is 0 Å². The van der Waals surface area contributed by atoms with E-state index in [1.807, 2.05) is 20.0 Å². The van der Waals surface area contributed by atoms with Crippen LogP contribution in [0.2, 0.25) is 0 Å². The molecule has 21 heavy (non-hydrogen) atoms. The topological polar surface area (TPSA) is 77.4 Å². The summed E-state index contributed by atoms with van der Waals surface area (Å²) >= 11 is 0. The lowest BCUT2D eigenvalue weighted by Gasteiger charge is -2.35. The van der Waals surface area contributed by atoms with E-state index in [4.69, 9.17) is 9.47 Å². The number of amides is 1. The van der Waals surface area contributed by atoms with Gasteiger partial charge >= 0.3 is 0 Å². The van der Waals surface area contributed by atoms with Gasteiger partial charge in [0.25, 0.3) is 0 Å². The van der Waals surface area contributed by atoms with Crippen molar-refractivity contribution in [3.05, 3.63) is 12.4 Å². The fourth-order valence-electron chi connectivity index (χ4n) is 2.18. The number of nitrogens with zero attached hydrogens (tertiary/aromatic N) is 2. The summed E-state index contributed by atoms with van der Waals surface area (Å²) in [6.07, 6.45) is 5.72. The molecule has 0 unspecified atom stereocenters. The maximum Gasteiger partial charge on any atom is 0.241 e. The van der Waals surface area contributed by atoms with Gasteiger partial charge in [-0.15, -0.1) is 0 Å². The van der Waals surface area contributed by atoms with E-state index >= 15 is 0 Å². The molecule has 2 N–H and O–H groups in total. The van der Waals surface area contributed by atoms with Crippen molar-refractivity contribution in [2.24, 2.45) is 0 Å². The molecular formula is C14H22N4O3. The first-order chi connectivity index (χ1) is 10.00. The Kier molecular flexibility index (Phi) is 3.86. The molecule has 1 aromatic heterocycles. The van der Waals surface area contributed by atoms with Gasteiger partial charge in [-0.05, 0) is 26.7 Å². The number of hydrogen-bond donors (Lipinski definition) is 2. The standard InChI is InChI=1S/C14H22N4O3/c1-14(2)20-8-12(9-21-14)16-11-5-15-18(6-11)7-13(19)17-10-3-4-10/h5-6,10,12,16H,3-4,7-9H2,1-2H3,(H,17,19). The summed E-state index contributed by atoms with van der Waals surface area (Å²) in [6, 6.07) is 0.474. The highest BCUT2D eigenvalue weighted by atomic mass is 16.7. The van der Waals surface area contributed by atoms with E-state index in [9.17, 15) is 4.79 Å². The second-order valence-corrected chi connectivity index (χ2v) is 6.13. The lowest BCUT2D eigenvalue weighted by Crippen LogP contribution is -2.45. The molecule has 1 saturated heterocycles. The predicted octanol–water partition coefficient (Wildman–Crippen LogP) is 0.725. The van der Waals surface area contributed by atoms with Crippen LogP contribution < -0.4 is 10.6 Å². The Hall–Kier alpha value is -1.60.